The maximum Gasteiger partial charge on any atom is 0.250 e. The van der Waals surface area contributed by atoms with Crippen LogP contribution in [0.3, 0.4) is 0 Å². The van der Waals surface area contributed by atoms with Gasteiger partial charge in [0.1, 0.15) is 0 Å². The van der Waals surface area contributed by atoms with Gasteiger partial charge in [-0.05, 0) is 93.2 Å². The Labute approximate surface area is 231 Å². The molecule has 1 fully saturated rings. The number of rotatable bonds is 12. The molecule has 10 heteroatoms. The summed E-state index contributed by atoms with van der Waals surface area (Å²) in [5, 5.41) is 13.5. The van der Waals surface area contributed by atoms with Gasteiger partial charge in [-0.15, -0.1) is 0 Å². The molecule has 0 saturated carbocycles. The molecule has 1 saturated heterocycles. The number of hydrogen-bond donors (Lipinski definition) is 4. The molecular formula is C29H41N5O4S. The standard InChI is InChI=1S/C29H41N5O4S/c1-20(19-35)31-17-21-6-4-7-23(14-21)24-15-25-27(18-32-28(25)26(16-24)29(30)36)22-8-11-34(12-9-22)39(37,38)13-5-10-33(2)3/h4,6-7,14-16,18,20,22,31-32,35H,5,8-13,17,19H2,1-3H3,(H2,30,36)/t20-/m0/s1. The van der Waals surface area contributed by atoms with Gasteiger partial charge in [0, 0.05) is 37.3 Å². The first-order valence-corrected chi connectivity index (χ1v) is 15.2. The van der Waals surface area contributed by atoms with E-state index in [0.29, 0.717) is 31.6 Å². The van der Waals surface area contributed by atoms with E-state index in [4.69, 9.17) is 5.73 Å². The number of aromatic nitrogens is 1. The molecule has 1 amide bonds. The zero-order valence-corrected chi connectivity index (χ0v) is 23.9. The summed E-state index contributed by atoms with van der Waals surface area (Å²) < 4.78 is 27.3. The molecule has 9 nitrogen and oxygen atoms in total. The highest BCUT2D eigenvalue weighted by Crippen LogP contribution is 2.37. The Morgan fingerprint density at radius 3 is 2.62 bits per heavy atom. The Bertz CT molecular complexity index is 1390. The van der Waals surface area contributed by atoms with Crippen molar-refractivity contribution in [2.24, 2.45) is 5.73 Å². The van der Waals surface area contributed by atoms with E-state index < -0.39 is 15.9 Å². The minimum atomic E-state index is -3.27. The number of nitrogens with two attached hydrogens (primary N) is 1. The highest BCUT2D eigenvalue weighted by molar-refractivity contribution is 7.89. The van der Waals surface area contributed by atoms with E-state index in [9.17, 15) is 18.3 Å². The van der Waals surface area contributed by atoms with Crippen LogP contribution in [-0.2, 0) is 16.6 Å². The second-order valence-electron chi connectivity index (χ2n) is 10.9. The van der Waals surface area contributed by atoms with Crippen molar-refractivity contribution in [3.8, 4) is 11.1 Å². The second-order valence-corrected chi connectivity index (χ2v) is 13.0. The van der Waals surface area contributed by atoms with Gasteiger partial charge in [0.05, 0.1) is 23.4 Å². The number of aromatic amines is 1. The van der Waals surface area contributed by atoms with Crippen LogP contribution in [0, 0.1) is 0 Å². The molecule has 1 aliphatic rings. The maximum absolute atomic E-state index is 12.9. The van der Waals surface area contributed by atoms with Crippen molar-refractivity contribution in [2.45, 2.75) is 44.7 Å². The first-order valence-electron chi connectivity index (χ1n) is 13.6. The summed E-state index contributed by atoms with van der Waals surface area (Å²) in [7, 11) is 0.621. The molecule has 212 valence electrons. The lowest BCUT2D eigenvalue weighted by Gasteiger charge is -2.31. The van der Waals surface area contributed by atoms with E-state index in [1.54, 1.807) is 4.31 Å². The Kier molecular flexibility index (Phi) is 9.45. The van der Waals surface area contributed by atoms with Crippen molar-refractivity contribution in [1.29, 1.82) is 0 Å². The highest BCUT2D eigenvalue weighted by atomic mass is 32.2. The van der Waals surface area contributed by atoms with Crippen molar-refractivity contribution < 1.29 is 18.3 Å². The molecule has 0 aliphatic carbocycles. The van der Waals surface area contributed by atoms with Gasteiger partial charge < -0.3 is 26.0 Å². The number of benzene rings is 2. The molecule has 0 radical (unpaired) electrons. The molecule has 4 rings (SSSR count). The minimum Gasteiger partial charge on any atom is -0.395 e. The van der Waals surface area contributed by atoms with Crippen LogP contribution in [-0.4, -0.2) is 85.8 Å². The summed E-state index contributed by atoms with van der Waals surface area (Å²) in [4.78, 5) is 17.7. The van der Waals surface area contributed by atoms with Crippen molar-refractivity contribution >= 4 is 26.8 Å². The molecule has 1 atom stereocenters. The van der Waals surface area contributed by atoms with Crippen LogP contribution in [0.4, 0.5) is 0 Å². The highest BCUT2D eigenvalue weighted by Gasteiger charge is 2.30. The number of nitrogens with one attached hydrogen (secondary N) is 2. The first-order chi connectivity index (χ1) is 18.6. The topological polar surface area (TPSA) is 132 Å². The van der Waals surface area contributed by atoms with E-state index in [0.717, 1.165) is 52.5 Å². The Hall–Kier alpha value is -2.76. The minimum absolute atomic E-state index is 0.00617. The molecule has 3 aromatic rings. The van der Waals surface area contributed by atoms with Crippen LogP contribution in [0.2, 0.25) is 0 Å². The third-order valence-corrected chi connectivity index (χ3v) is 9.53. The summed E-state index contributed by atoms with van der Waals surface area (Å²) in [6, 6.07) is 12.0. The summed E-state index contributed by atoms with van der Waals surface area (Å²) in [5.74, 6) is -0.149. The summed E-state index contributed by atoms with van der Waals surface area (Å²) in [6.45, 7) is 4.34. The van der Waals surface area contributed by atoms with Crippen LogP contribution in [0.25, 0.3) is 22.0 Å². The zero-order chi connectivity index (χ0) is 28.2. The normalized spacial score (nSPS) is 16.2. The van der Waals surface area contributed by atoms with Gasteiger partial charge in [-0.25, -0.2) is 12.7 Å². The quantitative estimate of drug-likeness (QED) is 0.272. The number of aliphatic hydroxyl groups is 1. The number of piperidine rings is 1. The average molecular weight is 556 g/mol. The molecule has 2 heterocycles. The Balaban J connectivity index is 1.57. The first kappa shape index (κ1) is 29.2. The lowest BCUT2D eigenvalue weighted by atomic mass is 9.88. The number of carbonyl (C=O) groups excluding carboxylic acids is 1. The van der Waals surface area contributed by atoms with E-state index in [-0.39, 0.29) is 24.3 Å². The number of hydrogen-bond acceptors (Lipinski definition) is 6. The predicted molar refractivity (Wildman–Crippen MR) is 156 cm³/mol. The van der Waals surface area contributed by atoms with Crippen molar-refractivity contribution in [3.63, 3.8) is 0 Å². The van der Waals surface area contributed by atoms with Gasteiger partial charge in [-0.1, -0.05) is 18.2 Å². The Morgan fingerprint density at radius 2 is 1.95 bits per heavy atom. The Morgan fingerprint density at radius 1 is 1.21 bits per heavy atom. The van der Waals surface area contributed by atoms with Gasteiger partial charge >= 0.3 is 0 Å². The fourth-order valence-corrected chi connectivity index (χ4v) is 6.83. The van der Waals surface area contributed by atoms with Crippen LogP contribution in [0.5, 0.6) is 0 Å². The molecule has 0 spiro atoms. The average Bonchev–Trinajstić information content (AvgIpc) is 3.35. The number of carbonyl (C=O) groups is 1. The zero-order valence-electron chi connectivity index (χ0n) is 23.1. The summed E-state index contributed by atoms with van der Waals surface area (Å²) in [5.41, 5.74) is 11.0. The molecule has 0 unspecified atom stereocenters. The van der Waals surface area contributed by atoms with Gasteiger partial charge in [-0.2, -0.15) is 0 Å². The molecule has 1 aliphatic heterocycles. The summed E-state index contributed by atoms with van der Waals surface area (Å²) >= 11 is 0. The molecular weight excluding hydrogens is 514 g/mol. The van der Waals surface area contributed by atoms with Crippen molar-refractivity contribution in [2.75, 3.05) is 46.1 Å². The van der Waals surface area contributed by atoms with E-state index in [1.807, 2.05) is 56.4 Å². The van der Waals surface area contributed by atoms with Crippen LogP contribution in [0.15, 0.2) is 42.6 Å². The molecule has 5 N–H and O–H groups in total. The third kappa shape index (κ3) is 7.06. The van der Waals surface area contributed by atoms with Crippen LogP contribution < -0.4 is 11.1 Å². The van der Waals surface area contributed by atoms with Crippen LogP contribution in [0.1, 0.15) is 53.6 Å². The van der Waals surface area contributed by atoms with E-state index >= 15 is 0 Å². The molecule has 2 aromatic carbocycles. The fraction of sp³-hybridized carbons (Fsp3) is 0.483. The van der Waals surface area contributed by atoms with Crippen molar-refractivity contribution in [3.05, 3.63) is 59.3 Å². The molecule has 1 aromatic heterocycles. The number of nitrogens with zero attached hydrogens (tertiary/aromatic N) is 2. The number of amides is 1. The maximum atomic E-state index is 12.9. The second kappa shape index (κ2) is 12.6. The summed E-state index contributed by atoms with van der Waals surface area (Å²) in [6.07, 6.45) is 4.01. The monoisotopic (exact) mass is 555 g/mol. The number of sulfonamides is 1. The van der Waals surface area contributed by atoms with E-state index in [2.05, 4.69) is 22.4 Å². The van der Waals surface area contributed by atoms with Gasteiger partial charge in [0.25, 0.3) is 5.91 Å². The number of fused-ring (bicyclic) bond motifs is 1. The molecule has 39 heavy (non-hydrogen) atoms. The number of H-pyrrole nitrogens is 1. The predicted octanol–water partition coefficient (Wildman–Crippen LogP) is 2.87. The smallest absolute Gasteiger partial charge is 0.250 e. The third-order valence-electron chi connectivity index (χ3n) is 7.57. The van der Waals surface area contributed by atoms with Crippen LogP contribution >= 0.6 is 0 Å². The van der Waals surface area contributed by atoms with Gasteiger partial charge in [-0.3, -0.25) is 4.79 Å². The fourth-order valence-electron chi connectivity index (χ4n) is 5.31. The lowest BCUT2D eigenvalue weighted by molar-refractivity contribution is 0.100. The van der Waals surface area contributed by atoms with Gasteiger partial charge in [0.15, 0.2) is 0 Å². The van der Waals surface area contributed by atoms with Crippen molar-refractivity contribution in [1.82, 2.24) is 19.5 Å². The number of aliphatic hydroxyl groups excluding tert-OH is 1. The lowest BCUT2D eigenvalue weighted by Crippen LogP contribution is -2.39. The SMILES string of the molecule is C[C@@H](CO)NCc1cccc(-c2cc(C(N)=O)c3[nH]cc(C4CCN(S(=O)(=O)CCCN(C)C)CC4)c3c2)c1. The number of primary amides is 1. The van der Waals surface area contributed by atoms with E-state index in [1.165, 1.54) is 0 Å². The molecule has 0 bridgehead atoms. The van der Waals surface area contributed by atoms with Gasteiger partial charge in [0.2, 0.25) is 10.0 Å². The largest absolute Gasteiger partial charge is 0.395 e.